The maximum atomic E-state index is 12.1. The van der Waals surface area contributed by atoms with E-state index >= 15 is 0 Å². The van der Waals surface area contributed by atoms with Gasteiger partial charge in [0.2, 0.25) is 5.91 Å². The molecule has 0 aliphatic heterocycles. The molecule has 0 spiro atoms. The van der Waals surface area contributed by atoms with Crippen LogP contribution in [0.3, 0.4) is 0 Å². The molecule has 1 aliphatic carbocycles. The van der Waals surface area contributed by atoms with Crippen LogP contribution in [0.4, 0.5) is 0 Å². The summed E-state index contributed by atoms with van der Waals surface area (Å²) in [5.41, 5.74) is 5.75. The SMILES string of the molecule is COCCN(C(=O)C(C)C(C)N)C1CC1. The van der Waals surface area contributed by atoms with Crippen molar-refractivity contribution in [3.8, 4) is 0 Å². The summed E-state index contributed by atoms with van der Waals surface area (Å²) in [6.45, 7) is 5.07. The molecule has 4 nitrogen and oxygen atoms in total. The number of hydrogen-bond acceptors (Lipinski definition) is 3. The Bertz CT molecular complexity index is 215. The molecule has 1 saturated carbocycles. The molecule has 0 heterocycles. The van der Waals surface area contributed by atoms with Gasteiger partial charge in [0.05, 0.1) is 12.5 Å². The van der Waals surface area contributed by atoms with E-state index in [1.54, 1.807) is 7.11 Å². The van der Waals surface area contributed by atoms with Crippen molar-refractivity contribution in [3.63, 3.8) is 0 Å². The zero-order valence-corrected chi connectivity index (χ0v) is 9.90. The van der Waals surface area contributed by atoms with Crippen LogP contribution in [0.2, 0.25) is 0 Å². The Labute approximate surface area is 91.8 Å². The van der Waals surface area contributed by atoms with Gasteiger partial charge >= 0.3 is 0 Å². The number of amides is 1. The minimum atomic E-state index is -0.0949. The number of hydrogen-bond donors (Lipinski definition) is 1. The van der Waals surface area contributed by atoms with E-state index in [2.05, 4.69) is 0 Å². The van der Waals surface area contributed by atoms with E-state index in [1.807, 2.05) is 18.7 Å². The molecule has 2 unspecified atom stereocenters. The van der Waals surface area contributed by atoms with Crippen LogP contribution < -0.4 is 5.73 Å². The molecule has 15 heavy (non-hydrogen) atoms. The third kappa shape index (κ3) is 3.47. The molecule has 4 heteroatoms. The number of nitrogens with two attached hydrogens (primary N) is 1. The maximum Gasteiger partial charge on any atom is 0.227 e. The molecule has 0 bridgehead atoms. The van der Waals surface area contributed by atoms with Crippen molar-refractivity contribution in [3.05, 3.63) is 0 Å². The summed E-state index contributed by atoms with van der Waals surface area (Å²) < 4.78 is 5.02. The van der Waals surface area contributed by atoms with Crippen LogP contribution in [-0.4, -0.2) is 43.2 Å². The second kappa shape index (κ2) is 5.47. The molecular weight excluding hydrogens is 192 g/mol. The Kier molecular flexibility index (Phi) is 4.54. The van der Waals surface area contributed by atoms with E-state index in [1.165, 1.54) is 0 Å². The molecule has 88 valence electrons. The molecule has 0 aromatic carbocycles. The number of nitrogens with zero attached hydrogens (tertiary/aromatic N) is 1. The lowest BCUT2D eigenvalue weighted by Gasteiger charge is -2.27. The molecule has 1 amide bonds. The summed E-state index contributed by atoms with van der Waals surface area (Å²) in [6, 6.07) is 0.357. The average molecular weight is 214 g/mol. The number of carbonyl (C=O) groups excluding carboxylic acids is 1. The van der Waals surface area contributed by atoms with Crippen LogP contribution in [0, 0.1) is 5.92 Å². The fourth-order valence-corrected chi connectivity index (χ4v) is 1.54. The normalized spacial score (nSPS) is 19.7. The van der Waals surface area contributed by atoms with Crippen molar-refractivity contribution >= 4 is 5.91 Å². The molecule has 0 aromatic heterocycles. The Hall–Kier alpha value is -0.610. The van der Waals surface area contributed by atoms with Crippen LogP contribution in [0.15, 0.2) is 0 Å². The van der Waals surface area contributed by atoms with E-state index in [4.69, 9.17) is 10.5 Å². The molecule has 2 atom stereocenters. The van der Waals surface area contributed by atoms with E-state index < -0.39 is 0 Å². The lowest BCUT2D eigenvalue weighted by atomic mass is 10.0. The molecule has 1 fully saturated rings. The Balaban J connectivity index is 2.50. The van der Waals surface area contributed by atoms with Crippen molar-refractivity contribution in [1.82, 2.24) is 4.90 Å². The summed E-state index contributed by atoms with van der Waals surface area (Å²) in [6.07, 6.45) is 2.25. The Morgan fingerprint density at radius 2 is 2.13 bits per heavy atom. The van der Waals surface area contributed by atoms with Gasteiger partial charge in [0.15, 0.2) is 0 Å². The molecular formula is C11H22N2O2. The lowest BCUT2D eigenvalue weighted by molar-refractivity contribution is -0.136. The standard InChI is InChI=1S/C11H22N2O2/c1-8(9(2)12)11(14)13(6-7-15-3)10-4-5-10/h8-10H,4-7,12H2,1-3H3. The second-order valence-electron chi connectivity index (χ2n) is 4.40. The molecule has 0 aromatic rings. The first kappa shape index (κ1) is 12.5. The molecule has 2 N–H and O–H groups in total. The first-order valence-electron chi connectivity index (χ1n) is 5.63. The van der Waals surface area contributed by atoms with Crippen molar-refractivity contribution in [2.24, 2.45) is 11.7 Å². The van der Waals surface area contributed by atoms with E-state index in [-0.39, 0.29) is 17.9 Å². The summed E-state index contributed by atoms with van der Waals surface area (Å²) in [5, 5.41) is 0. The average Bonchev–Trinajstić information content (AvgIpc) is 3.00. The zero-order chi connectivity index (χ0) is 11.4. The van der Waals surface area contributed by atoms with Gasteiger partial charge in [0.1, 0.15) is 0 Å². The van der Waals surface area contributed by atoms with E-state index in [0.717, 1.165) is 12.8 Å². The highest BCUT2D eigenvalue weighted by atomic mass is 16.5. The van der Waals surface area contributed by atoms with E-state index in [9.17, 15) is 4.79 Å². The second-order valence-corrected chi connectivity index (χ2v) is 4.40. The van der Waals surface area contributed by atoms with Gasteiger partial charge < -0.3 is 15.4 Å². The summed E-state index contributed by atoms with van der Waals surface area (Å²) in [5.74, 6) is 0.0759. The predicted molar refractivity (Wildman–Crippen MR) is 59.4 cm³/mol. The van der Waals surface area contributed by atoms with Crippen molar-refractivity contribution in [1.29, 1.82) is 0 Å². The van der Waals surface area contributed by atoms with Crippen LogP contribution in [0.1, 0.15) is 26.7 Å². The van der Waals surface area contributed by atoms with Crippen molar-refractivity contribution in [2.45, 2.75) is 38.8 Å². The van der Waals surface area contributed by atoms with Crippen LogP contribution in [-0.2, 0) is 9.53 Å². The predicted octanol–water partition coefficient (Wildman–Crippen LogP) is 0.607. The highest BCUT2D eigenvalue weighted by Crippen LogP contribution is 2.28. The van der Waals surface area contributed by atoms with Gasteiger partial charge in [-0.2, -0.15) is 0 Å². The smallest absolute Gasteiger partial charge is 0.227 e. The zero-order valence-electron chi connectivity index (χ0n) is 9.90. The van der Waals surface area contributed by atoms with Gasteiger partial charge in [-0.1, -0.05) is 6.92 Å². The number of carbonyl (C=O) groups is 1. The first-order chi connectivity index (χ1) is 7.07. The van der Waals surface area contributed by atoms with E-state index in [0.29, 0.717) is 19.2 Å². The summed E-state index contributed by atoms with van der Waals surface area (Å²) >= 11 is 0. The summed E-state index contributed by atoms with van der Waals surface area (Å²) in [7, 11) is 1.66. The minimum Gasteiger partial charge on any atom is -0.383 e. The van der Waals surface area contributed by atoms with Crippen LogP contribution in [0.5, 0.6) is 0 Å². The largest absolute Gasteiger partial charge is 0.383 e. The fourth-order valence-electron chi connectivity index (χ4n) is 1.54. The van der Waals surface area contributed by atoms with Gasteiger partial charge in [0, 0.05) is 25.7 Å². The fraction of sp³-hybridized carbons (Fsp3) is 0.909. The molecule has 1 aliphatic rings. The maximum absolute atomic E-state index is 12.1. The quantitative estimate of drug-likeness (QED) is 0.704. The highest BCUT2D eigenvalue weighted by molar-refractivity contribution is 5.79. The van der Waals surface area contributed by atoms with Gasteiger partial charge in [-0.05, 0) is 19.8 Å². The Morgan fingerprint density at radius 3 is 2.53 bits per heavy atom. The minimum absolute atomic E-state index is 0.0821. The monoisotopic (exact) mass is 214 g/mol. The van der Waals surface area contributed by atoms with Crippen molar-refractivity contribution in [2.75, 3.05) is 20.3 Å². The molecule has 0 radical (unpaired) electrons. The van der Waals surface area contributed by atoms with Gasteiger partial charge in [-0.3, -0.25) is 4.79 Å². The number of ether oxygens (including phenoxy) is 1. The van der Waals surface area contributed by atoms with Crippen molar-refractivity contribution < 1.29 is 9.53 Å². The van der Waals surface area contributed by atoms with Gasteiger partial charge in [-0.25, -0.2) is 0 Å². The third-order valence-electron chi connectivity index (χ3n) is 2.99. The summed E-state index contributed by atoms with van der Waals surface area (Å²) in [4.78, 5) is 14.0. The van der Waals surface area contributed by atoms with Gasteiger partial charge in [0.25, 0.3) is 0 Å². The number of methoxy groups -OCH3 is 1. The topological polar surface area (TPSA) is 55.6 Å². The first-order valence-corrected chi connectivity index (χ1v) is 5.63. The van der Waals surface area contributed by atoms with Crippen LogP contribution >= 0.6 is 0 Å². The Morgan fingerprint density at radius 1 is 1.53 bits per heavy atom. The number of rotatable bonds is 6. The third-order valence-corrected chi connectivity index (χ3v) is 2.99. The highest BCUT2D eigenvalue weighted by Gasteiger charge is 2.34. The molecule has 1 rings (SSSR count). The lowest BCUT2D eigenvalue weighted by Crippen LogP contribution is -2.44. The van der Waals surface area contributed by atoms with Gasteiger partial charge in [-0.15, -0.1) is 0 Å². The molecule has 0 saturated heterocycles. The van der Waals surface area contributed by atoms with Crippen LogP contribution in [0.25, 0.3) is 0 Å².